The van der Waals surface area contributed by atoms with Gasteiger partial charge in [0.15, 0.2) is 5.82 Å². The van der Waals surface area contributed by atoms with Gasteiger partial charge in [-0.2, -0.15) is 0 Å². The minimum Gasteiger partial charge on any atom is -0.319 e. The number of hydrogen-bond donors (Lipinski definition) is 1. The van der Waals surface area contributed by atoms with E-state index in [0.29, 0.717) is 0 Å². The van der Waals surface area contributed by atoms with Crippen LogP contribution in [0.3, 0.4) is 0 Å². The predicted molar refractivity (Wildman–Crippen MR) is 67.2 cm³/mol. The molecular weight excluding hydrogens is 247 g/mol. The van der Waals surface area contributed by atoms with Crippen LogP contribution in [-0.4, -0.2) is 14.8 Å². The highest BCUT2D eigenvalue weighted by Gasteiger charge is 2.39. The molecule has 4 nitrogen and oxygen atoms in total. The topological polar surface area (TPSA) is 56.7 Å². The Labute approximate surface area is 108 Å². The molecule has 0 unspecified atom stereocenters. The van der Waals surface area contributed by atoms with Crippen LogP contribution in [0.5, 0.6) is 0 Å². The van der Waals surface area contributed by atoms with Gasteiger partial charge in [-0.1, -0.05) is 0 Å². The Balaban J connectivity index is 0.000000640. The fourth-order valence-electron chi connectivity index (χ4n) is 2.46. The predicted octanol–water partition coefficient (Wildman–Crippen LogP) is 1.80. The first-order valence-electron chi connectivity index (χ1n) is 5.51. The molecule has 2 heterocycles. The minimum absolute atomic E-state index is 0. The largest absolute Gasteiger partial charge is 0.319 e. The van der Waals surface area contributed by atoms with Gasteiger partial charge in [0.25, 0.3) is 0 Å². The summed E-state index contributed by atoms with van der Waals surface area (Å²) in [4.78, 5) is 0. The van der Waals surface area contributed by atoms with Crippen LogP contribution in [0.1, 0.15) is 43.8 Å². The second-order valence-corrected chi connectivity index (χ2v) is 4.56. The standard InChI is InChI=1S/C10H16N4.2ClH/c11-10(5-3-6-10)9-13-12-8-4-1-2-7-14(8)9;;/h1-7,11H2;2*1H. The third kappa shape index (κ3) is 1.94. The molecule has 1 aliphatic carbocycles. The van der Waals surface area contributed by atoms with Crippen molar-refractivity contribution < 1.29 is 0 Å². The normalized spacial score (nSPS) is 21.1. The second kappa shape index (κ2) is 4.90. The summed E-state index contributed by atoms with van der Waals surface area (Å²) in [6.07, 6.45) is 6.95. The SMILES string of the molecule is Cl.Cl.NC1(c2nnc3n2CCCC3)CCC1. The van der Waals surface area contributed by atoms with Crippen LogP contribution >= 0.6 is 24.8 Å². The summed E-state index contributed by atoms with van der Waals surface area (Å²) in [6.45, 7) is 1.07. The smallest absolute Gasteiger partial charge is 0.153 e. The van der Waals surface area contributed by atoms with Crippen LogP contribution in [0, 0.1) is 0 Å². The van der Waals surface area contributed by atoms with Gasteiger partial charge < -0.3 is 10.3 Å². The van der Waals surface area contributed by atoms with Crippen LogP contribution < -0.4 is 5.73 Å². The van der Waals surface area contributed by atoms with Gasteiger partial charge in [-0.3, -0.25) is 0 Å². The third-order valence-electron chi connectivity index (χ3n) is 3.55. The van der Waals surface area contributed by atoms with Crippen molar-refractivity contribution in [3.8, 4) is 0 Å². The summed E-state index contributed by atoms with van der Waals surface area (Å²) in [5, 5.41) is 8.52. The van der Waals surface area contributed by atoms with E-state index in [1.807, 2.05) is 0 Å². The first-order chi connectivity index (χ1) is 6.80. The molecule has 1 saturated carbocycles. The quantitative estimate of drug-likeness (QED) is 0.842. The van der Waals surface area contributed by atoms with Crippen molar-refractivity contribution in [2.75, 3.05) is 0 Å². The van der Waals surface area contributed by atoms with Crippen molar-refractivity contribution in [2.45, 2.75) is 50.6 Å². The van der Waals surface area contributed by atoms with E-state index in [9.17, 15) is 0 Å². The minimum atomic E-state index is -0.150. The second-order valence-electron chi connectivity index (χ2n) is 4.56. The lowest BCUT2D eigenvalue weighted by Crippen LogP contribution is -2.46. The molecule has 1 aromatic heterocycles. The molecular formula is C10H18Cl2N4. The van der Waals surface area contributed by atoms with Gasteiger partial charge in [0.2, 0.25) is 0 Å². The lowest BCUT2D eigenvalue weighted by Gasteiger charge is -2.37. The number of rotatable bonds is 1. The third-order valence-corrected chi connectivity index (χ3v) is 3.55. The van der Waals surface area contributed by atoms with Crippen molar-refractivity contribution in [1.82, 2.24) is 14.8 Å². The van der Waals surface area contributed by atoms with Crippen LogP contribution in [-0.2, 0) is 18.5 Å². The van der Waals surface area contributed by atoms with Gasteiger partial charge in [-0.05, 0) is 32.1 Å². The molecule has 1 fully saturated rings. The maximum absolute atomic E-state index is 6.27. The molecule has 0 bridgehead atoms. The van der Waals surface area contributed by atoms with Crippen molar-refractivity contribution in [3.63, 3.8) is 0 Å². The molecule has 3 rings (SSSR count). The van der Waals surface area contributed by atoms with Crippen LogP contribution in [0.2, 0.25) is 0 Å². The van der Waals surface area contributed by atoms with Crippen LogP contribution in [0.25, 0.3) is 0 Å². The van der Waals surface area contributed by atoms with Gasteiger partial charge >= 0.3 is 0 Å². The summed E-state index contributed by atoms with van der Waals surface area (Å²) >= 11 is 0. The first kappa shape index (κ1) is 13.7. The molecule has 0 spiro atoms. The molecule has 0 saturated heterocycles. The molecule has 0 radical (unpaired) electrons. The number of aromatic nitrogens is 3. The fraction of sp³-hybridized carbons (Fsp3) is 0.800. The zero-order valence-corrected chi connectivity index (χ0v) is 10.8. The van der Waals surface area contributed by atoms with Gasteiger partial charge in [-0.25, -0.2) is 0 Å². The highest BCUT2D eigenvalue weighted by atomic mass is 35.5. The number of nitrogens with two attached hydrogens (primary N) is 1. The molecule has 92 valence electrons. The monoisotopic (exact) mass is 264 g/mol. The van der Waals surface area contributed by atoms with Crippen LogP contribution in [0.4, 0.5) is 0 Å². The van der Waals surface area contributed by atoms with E-state index < -0.39 is 0 Å². The highest BCUT2D eigenvalue weighted by Crippen LogP contribution is 2.38. The van der Waals surface area contributed by atoms with Crippen molar-refractivity contribution >= 4 is 24.8 Å². The van der Waals surface area contributed by atoms with Crippen molar-refractivity contribution in [3.05, 3.63) is 11.6 Å². The Morgan fingerprint density at radius 2 is 1.81 bits per heavy atom. The lowest BCUT2D eigenvalue weighted by atomic mass is 9.77. The number of aryl methyl sites for hydroxylation is 1. The number of fused-ring (bicyclic) bond motifs is 1. The van der Waals surface area contributed by atoms with Gasteiger partial charge in [0, 0.05) is 13.0 Å². The number of halogens is 2. The first-order valence-corrected chi connectivity index (χ1v) is 5.51. The van der Waals surface area contributed by atoms with Gasteiger partial charge in [-0.15, -0.1) is 35.0 Å². The molecule has 1 aliphatic heterocycles. The van der Waals surface area contributed by atoms with E-state index in [0.717, 1.165) is 37.5 Å². The summed E-state index contributed by atoms with van der Waals surface area (Å²) in [5.74, 6) is 2.18. The van der Waals surface area contributed by atoms with E-state index in [1.54, 1.807) is 0 Å². The fourth-order valence-corrected chi connectivity index (χ4v) is 2.46. The van der Waals surface area contributed by atoms with E-state index in [4.69, 9.17) is 5.73 Å². The maximum Gasteiger partial charge on any atom is 0.153 e. The summed E-state index contributed by atoms with van der Waals surface area (Å²) in [5.41, 5.74) is 6.12. The molecule has 0 atom stereocenters. The van der Waals surface area contributed by atoms with E-state index >= 15 is 0 Å². The Kier molecular flexibility index (Phi) is 4.21. The molecule has 0 amide bonds. The number of nitrogens with zero attached hydrogens (tertiary/aromatic N) is 3. The average molecular weight is 265 g/mol. The summed E-state index contributed by atoms with van der Waals surface area (Å²) in [6, 6.07) is 0. The highest BCUT2D eigenvalue weighted by molar-refractivity contribution is 5.85. The van der Waals surface area contributed by atoms with E-state index in [2.05, 4.69) is 14.8 Å². The average Bonchev–Trinajstić information content (AvgIpc) is 2.58. The van der Waals surface area contributed by atoms with Crippen molar-refractivity contribution in [1.29, 1.82) is 0 Å². The molecule has 2 N–H and O–H groups in total. The van der Waals surface area contributed by atoms with Crippen molar-refractivity contribution in [2.24, 2.45) is 5.73 Å². The zero-order chi connectivity index (χ0) is 9.60. The zero-order valence-electron chi connectivity index (χ0n) is 9.19. The lowest BCUT2D eigenvalue weighted by molar-refractivity contribution is 0.226. The summed E-state index contributed by atoms with van der Waals surface area (Å²) in [7, 11) is 0. The Hall–Kier alpha value is -0.320. The van der Waals surface area contributed by atoms with Gasteiger partial charge in [0.05, 0.1) is 5.54 Å². The molecule has 6 heteroatoms. The molecule has 2 aliphatic rings. The molecule has 16 heavy (non-hydrogen) atoms. The van der Waals surface area contributed by atoms with Gasteiger partial charge in [0.1, 0.15) is 5.82 Å². The Bertz CT molecular complexity index is 360. The number of hydrogen-bond acceptors (Lipinski definition) is 3. The Morgan fingerprint density at radius 3 is 2.44 bits per heavy atom. The molecule has 1 aromatic rings. The van der Waals surface area contributed by atoms with E-state index in [-0.39, 0.29) is 30.4 Å². The van der Waals surface area contributed by atoms with Crippen LogP contribution in [0.15, 0.2) is 0 Å². The van der Waals surface area contributed by atoms with E-state index in [1.165, 1.54) is 19.3 Å². The molecule has 0 aromatic carbocycles. The summed E-state index contributed by atoms with van der Waals surface area (Å²) < 4.78 is 2.25. The maximum atomic E-state index is 6.27. The Morgan fingerprint density at radius 1 is 1.06 bits per heavy atom.